The zero-order valence-electron chi connectivity index (χ0n) is 17.4. The molecule has 0 aliphatic heterocycles. The molecular weight excluding hydrogens is 408 g/mol. The molecule has 1 fully saturated rings. The van der Waals surface area contributed by atoms with Gasteiger partial charge < -0.3 is 9.67 Å². The van der Waals surface area contributed by atoms with Crippen LogP contribution in [0.5, 0.6) is 0 Å². The molecule has 5 nitrogen and oxygen atoms in total. The van der Waals surface area contributed by atoms with Crippen LogP contribution in [0.2, 0.25) is 0 Å². The van der Waals surface area contributed by atoms with Crippen LogP contribution in [-0.2, 0) is 10.0 Å². The van der Waals surface area contributed by atoms with Crippen molar-refractivity contribution in [2.75, 3.05) is 0 Å². The Labute approximate surface area is 182 Å². The molecule has 1 saturated carbocycles. The minimum atomic E-state index is -3.71. The number of rotatable bonds is 4. The molecule has 0 unspecified atom stereocenters. The SMILES string of the molecule is Cc1ccc(S(=O)(=O)N[C@H]2CCC[C@@H](n3c4ccccc4c4ccccc43)[C@@H]2O)cc1. The first-order valence-corrected chi connectivity index (χ1v) is 12.2. The molecule has 5 rings (SSSR count). The molecule has 4 aromatic rings. The molecule has 1 heterocycles. The number of aliphatic hydroxyl groups is 1. The first kappa shape index (κ1) is 20.2. The van der Waals surface area contributed by atoms with E-state index in [0.717, 1.165) is 40.2 Å². The minimum Gasteiger partial charge on any atom is -0.389 e. The normalized spacial score (nSPS) is 22.2. The van der Waals surface area contributed by atoms with Crippen LogP contribution in [-0.4, -0.2) is 30.2 Å². The summed E-state index contributed by atoms with van der Waals surface area (Å²) in [6.07, 6.45) is 1.42. The van der Waals surface area contributed by atoms with E-state index in [-0.39, 0.29) is 10.9 Å². The maximum atomic E-state index is 12.9. The van der Waals surface area contributed by atoms with Crippen molar-refractivity contribution < 1.29 is 13.5 Å². The van der Waals surface area contributed by atoms with Gasteiger partial charge in [0.15, 0.2) is 0 Å². The highest BCUT2D eigenvalue weighted by atomic mass is 32.2. The van der Waals surface area contributed by atoms with Crippen LogP contribution in [0.3, 0.4) is 0 Å². The molecule has 0 bridgehead atoms. The molecule has 1 aliphatic carbocycles. The molecule has 0 radical (unpaired) electrons. The second-order valence-corrected chi connectivity index (χ2v) is 10.1. The first-order valence-electron chi connectivity index (χ1n) is 10.7. The van der Waals surface area contributed by atoms with Crippen LogP contribution in [0.1, 0.15) is 30.9 Å². The van der Waals surface area contributed by atoms with Crippen LogP contribution in [0.25, 0.3) is 21.8 Å². The van der Waals surface area contributed by atoms with Crippen molar-refractivity contribution in [3.63, 3.8) is 0 Å². The third kappa shape index (κ3) is 3.55. The summed E-state index contributed by atoms with van der Waals surface area (Å²) in [6.45, 7) is 1.92. The van der Waals surface area contributed by atoms with Gasteiger partial charge in [-0.15, -0.1) is 0 Å². The Balaban J connectivity index is 1.51. The largest absolute Gasteiger partial charge is 0.389 e. The number of nitrogens with zero attached hydrogens (tertiary/aromatic N) is 1. The average Bonchev–Trinajstić information content (AvgIpc) is 3.10. The number of hydrogen-bond donors (Lipinski definition) is 2. The number of hydrogen-bond acceptors (Lipinski definition) is 3. The van der Waals surface area contributed by atoms with Crippen LogP contribution in [0.4, 0.5) is 0 Å². The number of fused-ring (bicyclic) bond motifs is 3. The van der Waals surface area contributed by atoms with E-state index in [0.29, 0.717) is 6.42 Å². The maximum Gasteiger partial charge on any atom is 0.240 e. The van der Waals surface area contributed by atoms with Gasteiger partial charge in [-0.05, 0) is 50.5 Å². The fraction of sp³-hybridized carbons (Fsp3) is 0.280. The third-order valence-electron chi connectivity index (χ3n) is 6.41. The fourth-order valence-electron chi connectivity index (χ4n) is 4.86. The summed E-state index contributed by atoms with van der Waals surface area (Å²) < 4.78 is 30.9. The van der Waals surface area contributed by atoms with Crippen molar-refractivity contribution in [3.05, 3.63) is 78.4 Å². The summed E-state index contributed by atoms with van der Waals surface area (Å²) in [7, 11) is -3.71. The van der Waals surface area contributed by atoms with E-state index in [2.05, 4.69) is 33.6 Å². The van der Waals surface area contributed by atoms with Gasteiger partial charge in [0.05, 0.1) is 23.1 Å². The molecule has 0 amide bonds. The second-order valence-electron chi connectivity index (χ2n) is 8.43. The second kappa shape index (κ2) is 7.79. The van der Waals surface area contributed by atoms with Gasteiger partial charge in [0.1, 0.15) is 0 Å². The number of aromatic nitrogens is 1. The highest BCUT2D eigenvalue weighted by Gasteiger charge is 2.36. The molecule has 6 heteroatoms. The molecule has 3 aromatic carbocycles. The lowest BCUT2D eigenvalue weighted by Gasteiger charge is -2.36. The summed E-state index contributed by atoms with van der Waals surface area (Å²) in [6, 6.07) is 22.4. The van der Waals surface area contributed by atoms with Gasteiger partial charge in [0, 0.05) is 21.8 Å². The van der Waals surface area contributed by atoms with Crippen molar-refractivity contribution in [1.82, 2.24) is 9.29 Å². The lowest BCUT2D eigenvalue weighted by Crippen LogP contribution is -2.49. The van der Waals surface area contributed by atoms with Crippen molar-refractivity contribution in [2.45, 2.75) is 49.3 Å². The van der Waals surface area contributed by atoms with Crippen LogP contribution < -0.4 is 4.72 Å². The van der Waals surface area contributed by atoms with Gasteiger partial charge in [-0.3, -0.25) is 0 Å². The van der Waals surface area contributed by atoms with Crippen molar-refractivity contribution in [2.24, 2.45) is 0 Å². The molecule has 3 atom stereocenters. The van der Waals surface area contributed by atoms with E-state index < -0.39 is 22.2 Å². The van der Waals surface area contributed by atoms with E-state index in [1.54, 1.807) is 24.3 Å². The molecule has 31 heavy (non-hydrogen) atoms. The molecular formula is C25H26N2O3S. The zero-order chi connectivity index (χ0) is 21.6. The Morgan fingerprint density at radius 2 is 1.45 bits per heavy atom. The molecule has 160 valence electrons. The standard InChI is InChI=1S/C25H26N2O3S/c1-17-13-15-18(16-14-17)31(29,30)26-21-9-6-12-24(25(21)28)27-22-10-4-2-7-19(22)20-8-3-5-11-23(20)27/h2-5,7-8,10-11,13-16,21,24-26,28H,6,9,12H2,1H3/t21-,24+,25+/m0/s1. The summed E-state index contributed by atoms with van der Waals surface area (Å²) in [5.41, 5.74) is 3.13. The Hall–Kier alpha value is -2.67. The number of sulfonamides is 1. The highest BCUT2D eigenvalue weighted by molar-refractivity contribution is 7.89. The van der Waals surface area contributed by atoms with Gasteiger partial charge in [-0.25, -0.2) is 13.1 Å². The molecule has 1 aromatic heterocycles. The number of aryl methyl sites for hydroxylation is 1. The Kier molecular flexibility index (Phi) is 5.08. The van der Waals surface area contributed by atoms with Crippen molar-refractivity contribution in [3.8, 4) is 0 Å². The third-order valence-corrected chi connectivity index (χ3v) is 7.91. The predicted molar refractivity (Wildman–Crippen MR) is 124 cm³/mol. The lowest BCUT2D eigenvalue weighted by molar-refractivity contribution is 0.0547. The Morgan fingerprint density at radius 3 is 2.06 bits per heavy atom. The Bertz CT molecular complexity index is 1290. The lowest BCUT2D eigenvalue weighted by atomic mass is 9.88. The number of benzene rings is 3. The fourth-order valence-corrected chi connectivity index (χ4v) is 6.15. The van der Waals surface area contributed by atoms with Crippen LogP contribution in [0.15, 0.2) is 77.7 Å². The minimum absolute atomic E-state index is 0.204. The summed E-state index contributed by atoms with van der Waals surface area (Å²) >= 11 is 0. The molecule has 2 N–H and O–H groups in total. The maximum absolute atomic E-state index is 12.9. The van der Waals surface area contributed by atoms with E-state index in [4.69, 9.17) is 0 Å². The Morgan fingerprint density at radius 1 is 0.871 bits per heavy atom. The van der Waals surface area contributed by atoms with Gasteiger partial charge in [-0.2, -0.15) is 0 Å². The molecule has 1 aliphatic rings. The molecule has 0 saturated heterocycles. The van der Waals surface area contributed by atoms with Crippen molar-refractivity contribution in [1.29, 1.82) is 0 Å². The van der Waals surface area contributed by atoms with E-state index in [1.807, 2.05) is 31.2 Å². The summed E-state index contributed by atoms with van der Waals surface area (Å²) in [5, 5.41) is 13.6. The summed E-state index contributed by atoms with van der Waals surface area (Å²) in [5.74, 6) is 0. The smallest absolute Gasteiger partial charge is 0.240 e. The highest BCUT2D eigenvalue weighted by Crippen LogP contribution is 2.38. The van der Waals surface area contributed by atoms with Gasteiger partial charge >= 0.3 is 0 Å². The quantitative estimate of drug-likeness (QED) is 0.496. The van der Waals surface area contributed by atoms with Crippen LogP contribution in [0, 0.1) is 6.92 Å². The van der Waals surface area contributed by atoms with Gasteiger partial charge in [0.25, 0.3) is 0 Å². The van der Waals surface area contributed by atoms with Crippen LogP contribution >= 0.6 is 0 Å². The number of para-hydroxylation sites is 2. The topological polar surface area (TPSA) is 71.3 Å². The average molecular weight is 435 g/mol. The molecule has 0 spiro atoms. The number of nitrogens with one attached hydrogen (secondary N) is 1. The zero-order valence-corrected chi connectivity index (χ0v) is 18.2. The van der Waals surface area contributed by atoms with E-state index >= 15 is 0 Å². The van der Waals surface area contributed by atoms with Gasteiger partial charge in [-0.1, -0.05) is 54.1 Å². The summed E-state index contributed by atoms with van der Waals surface area (Å²) in [4.78, 5) is 0.226. The first-order chi connectivity index (χ1) is 15.0. The monoisotopic (exact) mass is 434 g/mol. The predicted octanol–water partition coefficient (Wildman–Crippen LogP) is 4.54. The van der Waals surface area contributed by atoms with Crippen molar-refractivity contribution >= 4 is 31.8 Å². The van der Waals surface area contributed by atoms with E-state index in [9.17, 15) is 13.5 Å². The van der Waals surface area contributed by atoms with Gasteiger partial charge in [0.2, 0.25) is 10.0 Å². The van der Waals surface area contributed by atoms with E-state index in [1.165, 1.54) is 0 Å². The number of aliphatic hydroxyl groups excluding tert-OH is 1.